The van der Waals surface area contributed by atoms with Crippen molar-refractivity contribution in [2.24, 2.45) is 22.6 Å². The summed E-state index contributed by atoms with van der Waals surface area (Å²) < 4.78 is 31.0. The van der Waals surface area contributed by atoms with E-state index in [1.165, 1.54) is 48.1 Å². The van der Waals surface area contributed by atoms with Gasteiger partial charge in [0, 0.05) is 68.8 Å². The van der Waals surface area contributed by atoms with Crippen LogP contribution in [0.25, 0.3) is 0 Å². The number of aliphatic imine (C=N–C) groups is 1. The van der Waals surface area contributed by atoms with Crippen LogP contribution in [0.4, 0.5) is 26.7 Å². The van der Waals surface area contributed by atoms with Gasteiger partial charge in [-0.1, -0.05) is 56.7 Å². The van der Waals surface area contributed by atoms with Crippen molar-refractivity contribution in [2.75, 3.05) is 63.8 Å². The van der Waals surface area contributed by atoms with Crippen molar-refractivity contribution >= 4 is 70.8 Å². The number of nitrogens with one attached hydrogen (secondary N) is 3. The summed E-state index contributed by atoms with van der Waals surface area (Å²) in [6, 6.07) is 9.97. The molecule has 3 aromatic carbocycles. The van der Waals surface area contributed by atoms with Crippen LogP contribution in [0.3, 0.4) is 0 Å². The SMILES string of the molecule is C=C1C[C@H]2C=Nc3cc(OCCCCCOc4cc5c(cc4OC)C(=O)N4CC(C)C[C@H]4[C@H](O)N5C(=O)OCc4ccc(NC(=O)[C@H](CCCNC(N)=O)n5cc([C@@H](NC(=O)CCCCCN6C(=O)C=CC6=O)C(C)C)nn5)cc4)c(OC)cc3C(=O)N2C1. The van der Waals surface area contributed by atoms with Gasteiger partial charge in [0.2, 0.25) is 11.8 Å². The highest BCUT2D eigenvalue weighted by Gasteiger charge is 2.47. The van der Waals surface area contributed by atoms with Gasteiger partial charge >= 0.3 is 12.1 Å². The molecule has 0 aliphatic carbocycles. The van der Waals surface area contributed by atoms with E-state index >= 15 is 0 Å². The minimum Gasteiger partial charge on any atom is -0.493 e. The first kappa shape index (κ1) is 64.2. The largest absolute Gasteiger partial charge is 0.493 e. The van der Waals surface area contributed by atoms with Crippen molar-refractivity contribution in [2.45, 2.75) is 128 Å². The average Bonchev–Trinajstić information content (AvgIpc) is 1.74. The first-order chi connectivity index (χ1) is 42.8. The van der Waals surface area contributed by atoms with E-state index in [1.54, 1.807) is 58.6 Å². The first-order valence-electron chi connectivity index (χ1n) is 30.2. The number of hydrogen-bond donors (Lipinski definition) is 5. The summed E-state index contributed by atoms with van der Waals surface area (Å²) in [5.41, 5.74) is 8.81. The third-order valence-corrected chi connectivity index (χ3v) is 16.3. The van der Waals surface area contributed by atoms with Crippen LogP contribution in [0, 0.1) is 11.8 Å². The smallest absolute Gasteiger partial charge is 0.416 e. The van der Waals surface area contributed by atoms with Crippen LogP contribution in [0.15, 0.2) is 84.0 Å². The minimum absolute atomic E-state index is 0.0397. The molecular weight excluding hydrogens is 1150 g/mol. The molecule has 0 bridgehead atoms. The van der Waals surface area contributed by atoms with Crippen LogP contribution in [-0.4, -0.2) is 161 Å². The fraction of sp³-hybridized carbons (Fsp3) is 0.476. The number of unbranched alkanes of at least 4 members (excludes halogenated alkanes) is 4. The number of carbonyl (C=O) groups excluding carboxylic acids is 8. The van der Waals surface area contributed by atoms with E-state index in [4.69, 9.17) is 29.4 Å². The predicted molar refractivity (Wildman–Crippen MR) is 326 cm³/mol. The molecule has 474 valence electrons. The normalized spacial score (nSPS) is 19.1. The molecule has 0 spiro atoms. The maximum Gasteiger partial charge on any atom is 0.416 e. The second kappa shape index (κ2) is 29.1. The van der Waals surface area contributed by atoms with Gasteiger partial charge in [-0.3, -0.25) is 38.7 Å². The number of imide groups is 1. The molecule has 1 unspecified atom stereocenters. The number of rotatable bonds is 28. The fourth-order valence-corrected chi connectivity index (χ4v) is 11.6. The van der Waals surface area contributed by atoms with Crippen molar-refractivity contribution < 1.29 is 67.1 Å². The number of ether oxygens (including phenoxy) is 5. The molecule has 9 rings (SSSR count). The van der Waals surface area contributed by atoms with Crippen LogP contribution in [-0.2, 0) is 30.5 Å². The molecule has 5 aliphatic heterocycles. The van der Waals surface area contributed by atoms with Gasteiger partial charge in [0.25, 0.3) is 23.6 Å². The number of primary amides is 1. The van der Waals surface area contributed by atoms with Crippen LogP contribution in [0.1, 0.15) is 135 Å². The maximum atomic E-state index is 14.4. The van der Waals surface area contributed by atoms with Gasteiger partial charge < -0.3 is 60.3 Å². The second-order valence-corrected chi connectivity index (χ2v) is 23.3. The van der Waals surface area contributed by atoms with E-state index in [9.17, 15) is 43.5 Å². The number of fused-ring (bicyclic) bond motifs is 4. The van der Waals surface area contributed by atoms with Gasteiger partial charge in [-0.2, -0.15) is 0 Å². The lowest BCUT2D eigenvalue weighted by atomic mass is 10.0. The molecule has 4 aromatic rings. The Kier molecular flexibility index (Phi) is 21.0. The molecule has 2 fully saturated rings. The number of hydrogen-bond acceptors (Lipinski definition) is 17. The van der Waals surface area contributed by atoms with Crippen LogP contribution in [0.2, 0.25) is 0 Å². The summed E-state index contributed by atoms with van der Waals surface area (Å²) in [7, 11) is 2.97. The Hall–Kier alpha value is -9.33. The highest BCUT2D eigenvalue weighted by molar-refractivity contribution is 6.13. The van der Waals surface area contributed by atoms with E-state index in [0.717, 1.165) is 10.5 Å². The van der Waals surface area contributed by atoms with Crippen molar-refractivity contribution in [3.63, 3.8) is 0 Å². The van der Waals surface area contributed by atoms with E-state index in [1.807, 2.05) is 20.8 Å². The number of nitrogens with zero attached hydrogens (tertiary/aromatic N) is 8. The topological polar surface area (TPSA) is 321 Å². The Bertz CT molecular complexity index is 3370. The monoisotopic (exact) mass is 1230 g/mol. The average molecular weight is 1230 g/mol. The Morgan fingerprint density at radius 3 is 2.19 bits per heavy atom. The van der Waals surface area contributed by atoms with Gasteiger partial charge in [0.1, 0.15) is 18.3 Å². The maximum absolute atomic E-state index is 14.4. The third kappa shape index (κ3) is 15.3. The molecule has 6 N–H and O–H groups in total. The van der Waals surface area contributed by atoms with Gasteiger partial charge in [-0.05, 0) is 99.5 Å². The van der Waals surface area contributed by atoms with Crippen molar-refractivity contribution in [3.8, 4) is 23.0 Å². The summed E-state index contributed by atoms with van der Waals surface area (Å²) in [6.45, 7) is 11.5. The quantitative estimate of drug-likeness (QED) is 0.0225. The van der Waals surface area contributed by atoms with Crippen molar-refractivity contribution in [1.82, 2.24) is 40.3 Å². The van der Waals surface area contributed by atoms with Gasteiger partial charge in [-0.25, -0.2) is 19.2 Å². The van der Waals surface area contributed by atoms with E-state index < -0.39 is 42.4 Å². The number of methoxy groups -OCH3 is 2. The standard InChI is InChI=1S/C63H78N12O14/c1-37(2)57(68-54(76)15-9-7-10-23-71-55(77)20-21-56(71)78)46-35-74(70-69-46)47(14-13-22-65-62(64)83)58(79)67-41-18-16-40(17-19-41)36-89-63(84)75-48-31-53(51(86-6)29-44(48)60(81)73-34-39(4)27-49(73)61(75)82)88-25-12-8-11-24-87-52-30-45-43(28-50(52)85-5)59(80)72-33-38(3)26-42(72)32-66-45/h16-21,28-32,35,37,39,42,47,49,57,61,82H,3,7-15,22-27,33-34,36H2,1-2,4-6H3,(H,67,79)(H,68,76)(H3,64,65,83)/t39?,42-,47-,49-,57-,61-/m0/s1. The van der Waals surface area contributed by atoms with Crippen LogP contribution in [0.5, 0.6) is 23.0 Å². The molecule has 6 heterocycles. The molecule has 0 radical (unpaired) electrons. The molecule has 89 heavy (non-hydrogen) atoms. The lowest BCUT2D eigenvalue weighted by Crippen LogP contribution is -2.50. The highest BCUT2D eigenvalue weighted by atomic mass is 16.6. The van der Waals surface area contributed by atoms with Gasteiger partial charge in [-0.15, -0.1) is 5.10 Å². The third-order valence-electron chi connectivity index (χ3n) is 16.3. The van der Waals surface area contributed by atoms with Gasteiger partial charge in [0.05, 0.1) is 74.3 Å². The number of amides is 9. The number of aliphatic hydroxyl groups is 1. The predicted octanol–water partition coefficient (Wildman–Crippen LogP) is 6.66. The molecule has 5 aliphatic rings. The van der Waals surface area contributed by atoms with Gasteiger partial charge in [0.15, 0.2) is 29.2 Å². The number of nitrogens with two attached hydrogens (primary N) is 1. The zero-order valence-corrected chi connectivity index (χ0v) is 50.8. The molecule has 1 aromatic heterocycles. The summed E-state index contributed by atoms with van der Waals surface area (Å²) in [6.07, 6.45) is 9.00. The van der Waals surface area contributed by atoms with E-state index in [0.29, 0.717) is 117 Å². The molecular formula is C63H78N12O14. The van der Waals surface area contributed by atoms with Crippen LogP contribution >= 0.6 is 0 Å². The summed E-state index contributed by atoms with van der Waals surface area (Å²) in [5.74, 6) is -0.549. The first-order valence-corrected chi connectivity index (χ1v) is 30.2. The van der Waals surface area contributed by atoms with Crippen molar-refractivity contribution in [3.05, 3.63) is 101 Å². The lowest BCUT2D eigenvalue weighted by Gasteiger charge is -2.31. The fourth-order valence-electron chi connectivity index (χ4n) is 11.6. The number of aromatic nitrogens is 3. The number of anilines is 2. The molecule has 2 saturated heterocycles. The lowest BCUT2D eigenvalue weighted by molar-refractivity contribution is -0.137. The van der Waals surface area contributed by atoms with E-state index in [2.05, 4.69) is 37.8 Å². The molecule has 9 amide bonds. The van der Waals surface area contributed by atoms with Crippen molar-refractivity contribution in [1.29, 1.82) is 0 Å². The molecule has 6 atom stereocenters. The zero-order chi connectivity index (χ0) is 63.5. The second-order valence-electron chi connectivity index (χ2n) is 23.3. The summed E-state index contributed by atoms with van der Waals surface area (Å²) >= 11 is 0. The molecule has 0 saturated carbocycles. The summed E-state index contributed by atoms with van der Waals surface area (Å²) in [5, 5.41) is 29.2. The Balaban J connectivity index is 0.807. The van der Waals surface area contributed by atoms with E-state index in [-0.39, 0.29) is 109 Å². The Morgan fingerprint density at radius 1 is 0.831 bits per heavy atom. The minimum atomic E-state index is -1.48. The number of aliphatic hydroxyl groups excluding tert-OH is 1. The van der Waals surface area contributed by atoms with Crippen LogP contribution < -0.4 is 45.5 Å². The number of urea groups is 1. The summed E-state index contributed by atoms with van der Waals surface area (Å²) in [4.78, 5) is 115. The molecule has 26 nitrogen and oxygen atoms in total. The number of carbonyl (C=O) groups is 8. The number of benzene rings is 3. The zero-order valence-electron chi connectivity index (χ0n) is 50.8. The Morgan fingerprint density at radius 2 is 1.51 bits per heavy atom. The Labute approximate surface area is 515 Å². The molecule has 26 heteroatoms. The highest BCUT2D eigenvalue weighted by Crippen LogP contribution is 2.43.